The zero-order chi connectivity index (χ0) is 12.3. The predicted molar refractivity (Wildman–Crippen MR) is 75.5 cm³/mol. The largest absolute Gasteiger partial charge is 0.399 e. The zero-order valence-corrected chi connectivity index (χ0v) is 11.1. The maximum atomic E-state index is 5.75. The summed E-state index contributed by atoms with van der Waals surface area (Å²) >= 11 is 1.79. The van der Waals surface area contributed by atoms with E-state index in [0.29, 0.717) is 0 Å². The van der Waals surface area contributed by atoms with Gasteiger partial charge in [0.1, 0.15) is 0 Å². The van der Waals surface area contributed by atoms with E-state index in [1.165, 1.54) is 20.9 Å². The van der Waals surface area contributed by atoms with Gasteiger partial charge in [-0.25, -0.2) is 0 Å². The Hall–Kier alpha value is -1.41. The molecule has 0 saturated carbocycles. The standard InChI is InChI=1S/C15H17NS/c1-3-12-4-7-14(8-5-12)17-15-9-6-13(16)10-11(15)2/h4-10H,3,16H2,1-2H3. The predicted octanol–water partition coefficient (Wildman–Crippen LogP) is 4.29. The van der Waals surface area contributed by atoms with Gasteiger partial charge in [0.05, 0.1) is 0 Å². The van der Waals surface area contributed by atoms with Crippen molar-refractivity contribution in [1.82, 2.24) is 0 Å². The molecule has 2 rings (SSSR count). The van der Waals surface area contributed by atoms with Gasteiger partial charge < -0.3 is 5.73 Å². The van der Waals surface area contributed by atoms with Crippen molar-refractivity contribution in [2.75, 3.05) is 5.73 Å². The maximum Gasteiger partial charge on any atom is 0.0317 e. The molecule has 0 aliphatic carbocycles. The molecule has 1 nitrogen and oxygen atoms in total. The van der Waals surface area contributed by atoms with Gasteiger partial charge in [0.2, 0.25) is 0 Å². The van der Waals surface area contributed by atoms with E-state index in [1.807, 2.05) is 12.1 Å². The number of benzene rings is 2. The fourth-order valence-electron chi connectivity index (χ4n) is 1.71. The monoisotopic (exact) mass is 243 g/mol. The Morgan fingerprint density at radius 3 is 2.35 bits per heavy atom. The third-order valence-corrected chi connectivity index (χ3v) is 3.94. The first-order valence-corrected chi connectivity index (χ1v) is 6.63. The molecule has 0 spiro atoms. The molecule has 0 saturated heterocycles. The van der Waals surface area contributed by atoms with Crippen LogP contribution in [0.4, 0.5) is 5.69 Å². The Bertz CT molecular complexity index is 503. The molecule has 2 aromatic carbocycles. The van der Waals surface area contributed by atoms with Crippen molar-refractivity contribution in [1.29, 1.82) is 0 Å². The van der Waals surface area contributed by atoms with Crippen LogP contribution in [0.5, 0.6) is 0 Å². The smallest absolute Gasteiger partial charge is 0.0317 e. The number of rotatable bonds is 3. The summed E-state index contributed by atoms with van der Waals surface area (Å²) < 4.78 is 0. The molecule has 0 bridgehead atoms. The van der Waals surface area contributed by atoms with Crippen LogP contribution in [-0.2, 0) is 6.42 Å². The van der Waals surface area contributed by atoms with E-state index in [4.69, 9.17) is 5.73 Å². The first kappa shape index (κ1) is 12.1. The Morgan fingerprint density at radius 1 is 1.06 bits per heavy atom. The lowest BCUT2D eigenvalue weighted by Crippen LogP contribution is -1.87. The van der Waals surface area contributed by atoms with E-state index >= 15 is 0 Å². The fourth-order valence-corrected chi connectivity index (χ4v) is 2.59. The van der Waals surface area contributed by atoms with Crippen molar-refractivity contribution >= 4 is 17.4 Å². The highest BCUT2D eigenvalue weighted by Crippen LogP contribution is 2.31. The summed E-state index contributed by atoms with van der Waals surface area (Å²) in [6.07, 6.45) is 1.09. The van der Waals surface area contributed by atoms with Crippen LogP contribution >= 0.6 is 11.8 Å². The Balaban J connectivity index is 2.19. The zero-order valence-electron chi connectivity index (χ0n) is 10.2. The number of hydrogen-bond acceptors (Lipinski definition) is 2. The van der Waals surface area contributed by atoms with E-state index in [2.05, 4.69) is 44.2 Å². The Kier molecular flexibility index (Phi) is 3.75. The Morgan fingerprint density at radius 2 is 1.76 bits per heavy atom. The topological polar surface area (TPSA) is 26.0 Å². The van der Waals surface area contributed by atoms with Gasteiger partial charge in [0.25, 0.3) is 0 Å². The number of aryl methyl sites for hydroxylation is 2. The van der Waals surface area contributed by atoms with Gasteiger partial charge in [-0.1, -0.05) is 30.8 Å². The first-order valence-electron chi connectivity index (χ1n) is 5.82. The number of anilines is 1. The second-order valence-electron chi connectivity index (χ2n) is 4.12. The lowest BCUT2D eigenvalue weighted by molar-refractivity contribution is 1.13. The van der Waals surface area contributed by atoms with E-state index < -0.39 is 0 Å². The summed E-state index contributed by atoms with van der Waals surface area (Å²) in [6.45, 7) is 4.27. The molecule has 0 unspecified atom stereocenters. The van der Waals surface area contributed by atoms with Crippen molar-refractivity contribution in [3.8, 4) is 0 Å². The minimum Gasteiger partial charge on any atom is -0.399 e. The summed E-state index contributed by atoms with van der Waals surface area (Å²) in [4.78, 5) is 2.54. The normalized spacial score (nSPS) is 10.5. The van der Waals surface area contributed by atoms with Crippen LogP contribution in [0, 0.1) is 6.92 Å². The number of hydrogen-bond donors (Lipinski definition) is 1. The summed E-state index contributed by atoms with van der Waals surface area (Å²) in [6, 6.07) is 14.8. The van der Waals surface area contributed by atoms with Crippen molar-refractivity contribution in [2.24, 2.45) is 0 Å². The second kappa shape index (κ2) is 5.28. The molecule has 0 aromatic heterocycles. The molecule has 2 aromatic rings. The van der Waals surface area contributed by atoms with Crippen molar-refractivity contribution in [2.45, 2.75) is 30.1 Å². The van der Waals surface area contributed by atoms with E-state index in [0.717, 1.165) is 12.1 Å². The quantitative estimate of drug-likeness (QED) is 0.814. The SMILES string of the molecule is CCc1ccc(Sc2ccc(N)cc2C)cc1. The molecule has 0 atom stereocenters. The van der Waals surface area contributed by atoms with Gasteiger partial charge in [-0.05, 0) is 54.8 Å². The molecular weight excluding hydrogens is 226 g/mol. The molecule has 0 amide bonds. The molecule has 0 fully saturated rings. The molecule has 0 heterocycles. The lowest BCUT2D eigenvalue weighted by Gasteiger charge is -2.07. The van der Waals surface area contributed by atoms with Gasteiger partial charge in [-0.3, -0.25) is 0 Å². The van der Waals surface area contributed by atoms with Crippen LogP contribution < -0.4 is 5.73 Å². The molecule has 0 radical (unpaired) electrons. The van der Waals surface area contributed by atoms with Crippen LogP contribution in [-0.4, -0.2) is 0 Å². The summed E-state index contributed by atoms with van der Waals surface area (Å²) in [7, 11) is 0. The van der Waals surface area contributed by atoms with Crippen LogP contribution in [0.2, 0.25) is 0 Å². The average molecular weight is 243 g/mol. The molecular formula is C15H17NS. The maximum absolute atomic E-state index is 5.75. The highest BCUT2D eigenvalue weighted by atomic mass is 32.2. The molecule has 0 aliphatic heterocycles. The second-order valence-corrected chi connectivity index (χ2v) is 5.24. The van der Waals surface area contributed by atoms with Gasteiger partial charge in [-0.15, -0.1) is 0 Å². The minimum absolute atomic E-state index is 0.827. The van der Waals surface area contributed by atoms with Gasteiger partial charge in [0, 0.05) is 15.5 Å². The van der Waals surface area contributed by atoms with E-state index in [9.17, 15) is 0 Å². The third kappa shape index (κ3) is 3.04. The highest BCUT2D eigenvalue weighted by Gasteiger charge is 2.01. The van der Waals surface area contributed by atoms with Crippen LogP contribution in [0.1, 0.15) is 18.1 Å². The first-order chi connectivity index (χ1) is 8.19. The molecule has 2 N–H and O–H groups in total. The van der Waals surface area contributed by atoms with Crippen molar-refractivity contribution < 1.29 is 0 Å². The van der Waals surface area contributed by atoms with Crippen LogP contribution in [0.25, 0.3) is 0 Å². The summed E-state index contributed by atoms with van der Waals surface area (Å²) in [5.74, 6) is 0. The fraction of sp³-hybridized carbons (Fsp3) is 0.200. The van der Waals surface area contributed by atoms with Crippen molar-refractivity contribution in [3.63, 3.8) is 0 Å². The van der Waals surface area contributed by atoms with Crippen molar-refractivity contribution in [3.05, 3.63) is 53.6 Å². The van der Waals surface area contributed by atoms with E-state index in [-0.39, 0.29) is 0 Å². The van der Waals surface area contributed by atoms with E-state index in [1.54, 1.807) is 11.8 Å². The number of nitrogens with two attached hydrogens (primary N) is 1. The van der Waals surface area contributed by atoms with Gasteiger partial charge in [-0.2, -0.15) is 0 Å². The van der Waals surface area contributed by atoms with Gasteiger partial charge >= 0.3 is 0 Å². The third-order valence-electron chi connectivity index (χ3n) is 2.76. The highest BCUT2D eigenvalue weighted by molar-refractivity contribution is 7.99. The molecule has 88 valence electrons. The Labute approximate surface area is 107 Å². The minimum atomic E-state index is 0.827. The lowest BCUT2D eigenvalue weighted by atomic mass is 10.2. The molecule has 17 heavy (non-hydrogen) atoms. The molecule has 0 aliphatic rings. The van der Waals surface area contributed by atoms with Crippen LogP contribution in [0.3, 0.4) is 0 Å². The van der Waals surface area contributed by atoms with Crippen LogP contribution in [0.15, 0.2) is 52.3 Å². The molecule has 2 heteroatoms. The summed E-state index contributed by atoms with van der Waals surface area (Å²) in [5.41, 5.74) is 9.19. The average Bonchev–Trinajstić information content (AvgIpc) is 2.34. The summed E-state index contributed by atoms with van der Waals surface area (Å²) in [5, 5.41) is 0. The van der Waals surface area contributed by atoms with Gasteiger partial charge in [0.15, 0.2) is 0 Å². The number of nitrogen functional groups attached to an aromatic ring is 1.